The molecule has 1 rings (SSSR count). The van der Waals surface area contributed by atoms with E-state index < -0.39 is 6.04 Å². The molecule has 1 aromatic carbocycles. The maximum Gasteiger partial charge on any atom is 0.254 e. The Labute approximate surface area is 108 Å². The van der Waals surface area contributed by atoms with Crippen LogP contribution < -0.4 is 4.74 Å². The lowest BCUT2D eigenvalue weighted by Gasteiger charge is -2.25. The number of carbonyl (C=O) groups excluding carboxylic acids is 1. The van der Waals surface area contributed by atoms with Gasteiger partial charge in [0, 0.05) is 12.6 Å². The highest BCUT2D eigenvalue weighted by molar-refractivity contribution is 5.94. The number of benzene rings is 1. The Morgan fingerprint density at radius 2 is 1.89 bits per heavy atom. The quantitative estimate of drug-likeness (QED) is 0.819. The molecule has 0 fully saturated rings. The largest absolute Gasteiger partial charge is 0.497 e. The third kappa shape index (κ3) is 3.01. The van der Waals surface area contributed by atoms with E-state index in [9.17, 15) is 4.79 Å². The van der Waals surface area contributed by atoms with E-state index in [4.69, 9.17) is 10.00 Å². The summed E-state index contributed by atoms with van der Waals surface area (Å²) in [7, 11) is 3.23. The predicted molar refractivity (Wildman–Crippen MR) is 69.3 cm³/mol. The molecule has 0 saturated carbocycles. The summed E-state index contributed by atoms with van der Waals surface area (Å²) in [5.74, 6) is 0.648. The summed E-state index contributed by atoms with van der Waals surface area (Å²) in [6.45, 7) is 3.84. The van der Waals surface area contributed by atoms with Gasteiger partial charge in [-0.1, -0.05) is 13.8 Å². The van der Waals surface area contributed by atoms with E-state index in [0.29, 0.717) is 11.3 Å². The zero-order valence-electron chi connectivity index (χ0n) is 11.2. The van der Waals surface area contributed by atoms with Crippen molar-refractivity contribution >= 4 is 5.91 Å². The first-order valence-corrected chi connectivity index (χ1v) is 5.82. The summed E-state index contributed by atoms with van der Waals surface area (Å²) in [4.78, 5) is 13.7. The van der Waals surface area contributed by atoms with Crippen LogP contribution in [0.15, 0.2) is 24.3 Å². The molecular formula is C14H18N2O2. The van der Waals surface area contributed by atoms with Gasteiger partial charge in [-0.25, -0.2) is 0 Å². The van der Waals surface area contributed by atoms with Crippen molar-refractivity contribution in [1.29, 1.82) is 5.26 Å². The minimum absolute atomic E-state index is 0.0993. The molecule has 1 aromatic rings. The van der Waals surface area contributed by atoms with Crippen molar-refractivity contribution in [3.8, 4) is 11.8 Å². The smallest absolute Gasteiger partial charge is 0.254 e. The van der Waals surface area contributed by atoms with E-state index in [1.165, 1.54) is 4.90 Å². The summed E-state index contributed by atoms with van der Waals surface area (Å²) in [5.41, 5.74) is 0.555. The van der Waals surface area contributed by atoms with E-state index in [1.807, 2.05) is 13.8 Å². The van der Waals surface area contributed by atoms with E-state index in [0.717, 1.165) is 0 Å². The van der Waals surface area contributed by atoms with Crippen molar-refractivity contribution in [2.45, 2.75) is 19.9 Å². The molecule has 18 heavy (non-hydrogen) atoms. The Morgan fingerprint density at radius 1 is 1.33 bits per heavy atom. The van der Waals surface area contributed by atoms with Gasteiger partial charge in [-0.3, -0.25) is 4.79 Å². The zero-order valence-corrected chi connectivity index (χ0v) is 11.2. The molecule has 4 heteroatoms. The van der Waals surface area contributed by atoms with Gasteiger partial charge >= 0.3 is 0 Å². The number of rotatable bonds is 4. The fraction of sp³-hybridized carbons (Fsp3) is 0.429. The second-order valence-corrected chi connectivity index (χ2v) is 4.46. The standard InChI is InChI=1S/C14H18N2O2/c1-10(2)13(9-15)16(3)14(17)11-5-7-12(18-4)8-6-11/h5-8,10,13H,1-4H3. The third-order valence-electron chi connectivity index (χ3n) is 2.84. The molecule has 0 heterocycles. The Morgan fingerprint density at radius 3 is 2.28 bits per heavy atom. The van der Waals surface area contributed by atoms with Crippen LogP contribution in [-0.2, 0) is 0 Å². The Hall–Kier alpha value is -2.02. The van der Waals surface area contributed by atoms with Crippen LogP contribution in [0.5, 0.6) is 5.75 Å². The molecule has 0 bridgehead atoms. The van der Waals surface area contributed by atoms with Gasteiger partial charge in [0.1, 0.15) is 11.8 Å². The predicted octanol–water partition coefficient (Wildman–Crippen LogP) is 2.32. The fourth-order valence-corrected chi connectivity index (χ4v) is 1.75. The number of amides is 1. The van der Waals surface area contributed by atoms with E-state index in [1.54, 1.807) is 38.4 Å². The third-order valence-corrected chi connectivity index (χ3v) is 2.84. The summed E-state index contributed by atoms with van der Waals surface area (Å²) in [6, 6.07) is 8.61. The number of nitrogens with zero attached hydrogens (tertiary/aromatic N) is 2. The Balaban J connectivity index is 2.89. The fourth-order valence-electron chi connectivity index (χ4n) is 1.75. The maximum atomic E-state index is 12.2. The molecule has 0 spiro atoms. The van der Waals surface area contributed by atoms with E-state index in [-0.39, 0.29) is 11.8 Å². The minimum atomic E-state index is -0.417. The summed E-state index contributed by atoms with van der Waals surface area (Å²) in [6.07, 6.45) is 0. The van der Waals surface area contributed by atoms with Crippen LogP contribution in [0.1, 0.15) is 24.2 Å². The van der Waals surface area contributed by atoms with E-state index in [2.05, 4.69) is 6.07 Å². The normalized spacial score (nSPS) is 11.8. The SMILES string of the molecule is COc1ccc(C(=O)N(C)C(C#N)C(C)C)cc1. The van der Waals surface area contributed by atoms with Crippen LogP contribution >= 0.6 is 0 Å². The molecule has 1 unspecified atom stereocenters. The number of methoxy groups -OCH3 is 1. The van der Waals surface area contributed by atoms with Crippen LogP contribution in [-0.4, -0.2) is 31.0 Å². The van der Waals surface area contributed by atoms with Gasteiger partial charge in [-0.05, 0) is 30.2 Å². The summed E-state index contributed by atoms with van der Waals surface area (Å²) < 4.78 is 5.04. The van der Waals surface area contributed by atoms with Gasteiger partial charge in [0.15, 0.2) is 0 Å². The van der Waals surface area contributed by atoms with Crippen molar-refractivity contribution in [3.05, 3.63) is 29.8 Å². The molecule has 0 aromatic heterocycles. The number of nitriles is 1. The highest BCUT2D eigenvalue weighted by Gasteiger charge is 2.23. The zero-order chi connectivity index (χ0) is 13.7. The lowest BCUT2D eigenvalue weighted by molar-refractivity contribution is 0.0736. The first-order chi connectivity index (χ1) is 8.51. The average Bonchev–Trinajstić information content (AvgIpc) is 2.38. The molecule has 0 aliphatic rings. The van der Waals surface area contributed by atoms with Gasteiger partial charge in [0.2, 0.25) is 0 Å². The van der Waals surface area contributed by atoms with Gasteiger partial charge < -0.3 is 9.64 Å². The van der Waals surface area contributed by atoms with Crippen molar-refractivity contribution < 1.29 is 9.53 Å². The van der Waals surface area contributed by atoms with Gasteiger partial charge in [-0.15, -0.1) is 0 Å². The van der Waals surface area contributed by atoms with Crippen LogP contribution in [0.4, 0.5) is 0 Å². The molecule has 0 N–H and O–H groups in total. The molecule has 1 amide bonds. The monoisotopic (exact) mass is 246 g/mol. The van der Waals surface area contributed by atoms with Gasteiger partial charge in [0.25, 0.3) is 5.91 Å². The van der Waals surface area contributed by atoms with Crippen LogP contribution in [0.25, 0.3) is 0 Å². The van der Waals surface area contributed by atoms with Crippen LogP contribution in [0, 0.1) is 17.2 Å². The first kappa shape index (κ1) is 14.0. The second kappa shape index (κ2) is 6.06. The number of hydrogen-bond donors (Lipinski definition) is 0. The van der Waals surface area contributed by atoms with Crippen LogP contribution in [0.2, 0.25) is 0 Å². The minimum Gasteiger partial charge on any atom is -0.497 e. The number of ether oxygens (including phenoxy) is 1. The Bertz CT molecular complexity index is 446. The molecule has 96 valence electrons. The summed E-state index contributed by atoms with van der Waals surface area (Å²) in [5, 5.41) is 9.08. The molecule has 4 nitrogen and oxygen atoms in total. The van der Waals surface area contributed by atoms with Crippen LogP contribution in [0.3, 0.4) is 0 Å². The average molecular weight is 246 g/mol. The lowest BCUT2D eigenvalue weighted by Crippen LogP contribution is -2.39. The van der Waals surface area contributed by atoms with Crippen molar-refractivity contribution in [2.75, 3.05) is 14.2 Å². The second-order valence-electron chi connectivity index (χ2n) is 4.46. The summed E-state index contributed by atoms with van der Waals surface area (Å²) >= 11 is 0. The molecule has 0 aliphatic carbocycles. The molecule has 1 atom stereocenters. The van der Waals surface area contributed by atoms with Gasteiger partial charge in [-0.2, -0.15) is 5.26 Å². The highest BCUT2D eigenvalue weighted by atomic mass is 16.5. The number of carbonyl (C=O) groups is 1. The van der Waals surface area contributed by atoms with E-state index >= 15 is 0 Å². The lowest BCUT2D eigenvalue weighted by atomic mass is 10.0. The van der Waals surface area contributed by atoms with Crippen molar-refractivity contribution in [3.63, 3.8) is 0 Å². The molecule has 0 radical (unpaired) electrons. The first-order valence-electron chi connectivity index (χ1n) is 5.82. The molecular weight excluding hydrogens is 228 g/mol. The highest BCUT2D eigenvalue weighted by Crippen LogP contribution is 2.15. The topological polar surface area (TPSA) is 53.3 Å². The number of hydrogen-bond acceptors (Lipinski definition) is 3. The Kier molecular flexibility index (Phi) is 4.73. The maximum absolute atomic E-state index is 12.2. The van der Waals surface area contributed by atoms with Gasteiger partial charge in [0.05, 0.1) is 13.2 Å². The molecule has 0 aliphatic heterocycles. The van der Waals surface area contributed by atoms with Crippen molar-refractivity contribution in [1.82, 2.24) is 4.90 Å². The van der Waals surface area contributed by atoms with Crippen molar-refractivity contribution in [2.24, 2.45) is 5.92 Å². The molecule has 0 saturated heterocycles.